The summed E-state index contributed by atoms with van der Waals surface area (Å²) in [6.07, 6.45) is 9.86. The van der Waals surface area contributed by atoms with Crippen molar-refractivity contribution in [2.75, 3.05) is 7.11 Å². The van der Waals surface area contributed by atoms with Crippen LogP contribution < -0.4 is 0 Å². The molecule has 0 saturated carbocycles. The summed E-state index contributed by atoms with van der Waals surface area (Å²) in [7, 11) is 1.66. The lowest BCUT2D eigenvalue weighted by Gasteiger charge is -1.93. The highest BCUT2D eigenvalue weighted by molar-refractivity contribution is 7.19. The Morgan fingerprint density at radius 2 is 2.16 bits per heavy atom. The van der Waals surface area contributed by atoms with E-state index in [1.807, 2.05) is 49.4 Å². The minimum atomic E-state index is 0.532. The maximum atomic E-state index is 5.86. The van der Waals surface area contributed by atoms with Crippen LogP contribution >= 0.6 is 22.9 Å². The summed E-state index contributed by atoms with van der Waals surface area (Å²) in [5, 5.41) is 1.65. The van der Waals surface area contributed by atoms with Crippen LogP contribution in [-0.4, -0.2) is 12.1 Å². The summed E-state index contributed by atoms with van der Waals surface area (Å²) >= 11 is 7.49. The molecule has 0 aliphatic rings. The summed E-state index contributed by atoms with van der Waals surface area (Å²) < 4.78 is 5.03. The lowest BCUT2D eigenvalue weighted by Crippen LogP contribution is -1.75. The van der Waals surface area contributed by atoms with Gasteiger partial charge in [0.2, 0.25) is 0 Å². The van der Waals surface area contributed by atoms with Gasteiger partial charge in [0, 0.05) is 10.3 Å². The van der Waals surface area contributed by atoms with Gasteiger partial charge in [-0.1, -0.05) is 29.8 Å². The number of hydrogen-bond acceptors (Lipinski definition) is 3. The van der Waals surface area contributed by atoms with Crippen LogP contribution in [0.5, 0.6) is 0 Å². The van der Waals surface area contributed by atoms with Gasteiger partial charge in [0.05, 0.1) is 12.9 Å². The molecule has 0 N–H and O–H groups in total. The number of thiophene rings is 1. The van der Waals surface area contributed by atoms with E-state index in [2.05, 4.69) is 11.1 Å². The number of halogens is 1. The van der Waals surface area contributed by atoms with Crippen LogP contribution in [0.1, 0.15) is 11.8 Å². The fourth-order valence-corrected chi connectivity index (χ4v) is 2.61. The second-order valence-corrected chi connectivity index (χ2v) is 5.35. The van der Waals surface area contributed by atoms with Crippen LogP contribution in [0, 0.1) is 0 Å². The molecule has 0 unspecified atom stereocenters. The zero-order chi connectivity index (χ0) is 13.7. The third kappa shape index (κ3) is 3.94. The van der Waals surface area contributed by atoms with Crippen molar-refractivity contribution in [1.29, 1.82) is 0 Å². The molecule has 0 amide bonds. The van der Waals surface area contributed by atoms with E-state index in [9.17, 15) is 0 Å². The van der Waals surface area contributed by atoms with Gasteiger partial charge in [-0.05, 0) is 37.3 Å². The maximum absolute atomic E-state index is 5.86. The molecule has 19 heavy (non-hydrogen) atoms. The van der Waals surface area contributed by atoms with E-state index in [1.54, 1.807) is 18.4 Å². The van der Waals surface area contributed by atoms with Crippen LogP contribution in [0.3, 0.4) is 0 Å². The Hall–Kier alpha value is -1.58. The van der Waals surface area contributed by atoms with Crippen molar-refractivity contribution in [2.45, 2.75) is 6.92 Å². The molecule has 2 rings (SSSR count). The Bertz CT molecular complexity index is 655. The van der Waals surface area contributed by atoms with Crippen molar-refractivity contribution in [2.24, 2.45) is 0 Å². The molecule has 2 nitrogen and oxygen atoms in total. The fraction of sp³-hybridized carbons (Fsp3) is 0.133. The van der Waals surface area contributed by atoms with E-state index >= 15 is 0 Å². The number of fused-ring (bicyclic) bond motifs is 1. The van der Waals surface area contributed by atoms with E-state index in [0.717, 1.165) is 20.9 Å². The predicted octanol–water partition coefficient (Wildman–Crippen LogP) is 5.07. The number of rotatable bonds is 4. The third-order valence-corrected chi connectivity index (χ3v) is 3.72. The average molecular weight is 292 g/mol. The molecule has 2 heterocycles. The SMILES string of the molecule is CO/C(C)=C/C=C\C=C\c1cc2ccc(Cl)nc2s1. The van der Waals surface area contributed by atoms with Gasteiger partial charge in [0.25, 0.3) is 0 Å². The predicted molar refractivity (Wildman–Crippen MR) is 83.6 cm³/mol. The first-order valence-electron chi connectivity index (χ1n) is 5.81. The number of methoxy groups -OCH3 is 1. The van der Waals surface area contributed by atoms with Crippen LogP contribution in [0.2, 0.25) is 5.15 Å². The van der Waals surface area contributed by atoms with Crippen molar-refractivity contribution < 1.29 is 4.74 Å². The normalized spacial score (nSPS) is 12.9. The Balaban J connectivity index is 2.09. The van der Waals surface area contributed by atoms with Gasteiger partial charge in [0.1, 0.15) is 9.98 Å². The molecule has 98 valence electrons. The molecule has 0 aliphatic heterocycles. The van der Waals surface area contributed by atoms with Gasteiger partial charge in [-0.2, -0.15) is 0 Å². The molecule has 0 bridgehead atoms. The molecule has 0 aliphatic carbocycles. The first-order valence-corrected chi connectivity index (χ1v) is 7.00. The monoisotopic (exact) mass is 291 g/mol. The molecular weight excluding hydrogens is 278 g/mol. The van der Waals surface area contributed by atoms with Crippen molar-refractivity contribution in [1.82, 2.24) is 4.98 Å². The van der Waals surface area contributed by atoms with Crippen molar-refractivity contribution in [3.63, 3.8) is 0 Å². The van der Waals surface area contributed by atoms with E-state index in [-0.39, 0.29) is 0 Å². The van der Waals surface area contributed by atoms with E-state index in [0.29, 0.717) is 5.15 Å². The second-order valence-electron chi connectivity index (χ2n) is 3.90. The van der Waals surface area contributed by atoms with Crippen LogP contribution in [0.4, 0.5) is 0 Å². The lowest BCUT2D eigenvalue weighted by molar-refractivity contribution is 0.294. The van der Waals surface area contributed by atoms with Gasteiger partial charge in [0.15, 0.2) is 0 Å². The van der Waals surface area contributed by atoms with Gasteiger partial charge in [-0.3, -0.25) is 0 Å². The molecule has 2 aromatic rings. The highest BCUT2D eigenvalue weighted by atomic mass is 35.5. The summed E-state index contributed by atoms with van der Waals surface area (Å²) in [5.41, 5.74) is 0. The summed E-state index contributed by atoms with van der Waals surface area (Å²) in [5.74, 6) is 0.880. The molecule has 0 fully saturated rings. The summed E-state index contributed by atoms with van der Waals surface area (Å²) in [4.78, 5) is 6.40. The molecule has 4 heteroatoms. The molecule has 0 radical (unpaired) electrons. The van der Waals surface area contributed by atoms with Crippen molar-refractivity contribution in [3.8, 4) is 0 Å². The third-order valence-electron chi connectivity index (χ3n) is 2.50. The average Bonchev–Trinajstić information content (AvgIpc) is 2.79. The van der Waals surface area contributed by atoms with Gasteiger partial charge in [-0.15, -0.1) is 11.3 Å². The number of nitrogens with zero attached hydrogens (tertiary/aromatic N) is 1. The highest BCUT2D eigenvalue weighted by Gasteiger charge is 2.00. The van der Waals surface area contributed by atoms with E-state index < -0.39 is 0 Å². The molecule has 0 atom stereocenters. The van der Waals surface area contributed by atoms with Crippen LogP contribution in [0.15, 0.2) is 48.3 Å². The second kappa shape index (κ2) is 6.55. The molecule has 0 aromatic carbocycles. The topological polar surface area (TPSA) is 22.1 Å². The van der Waals surface area contributed by atoms with Crippen LogP contribution in [-0.2, 0) is 4.74 Å². The smallest absolute Gasteiger partial charge is 0.130 e. The quantitative estimate of drug-likeness (QED) is 0.446. The van der Waals surface area contributed by atoms with E-state index in [4.69, 9.17) is 16.3 Å². The Morgan fingerprint density at radius 1 is 1.32 bits per heavy atom. The number of hydrogen-bond donors (Lipinski definition) is 0. The number of ether oxygens (including phenoxy) is 1. The zero-order valence-corrected chi connectivity index (χ0v) is 12.3. The van der Waals surface area contributed by atoms with Gasteiger partial charge >= 0.3 is 0 Å². The minimum Gasteiger partial charge on any atom is -0.501 e. The van der Waals surface area contributed by atoms with Gasteiger partial charge in [-0.25, -0.2) is 4.98 Å². The number of aromatic nitrogens is 1. The Kier molecular flexibility index (Phi) is 4.77. The molecule has 0 spiro atoms. The minimum absolute atomic E-state index is 0.532. The number of pyridine rings is 1. The van der Waals surface area contributed by atoms with Gasteiger partial charge < -0.3 is 4.74 Å². The fourth-order valence-electron chi connectivity index (χ4n) is 1.47. The Labute approximate surface area is 121 Å². The van der Waals surface area contributed by atoms with Crippen molar-refractivity contribution in [3.05, 3.63) is 58.3 Å². The maximum Gasteiger partial charge on any atom is 0.130 e. The molecule has 2 aromatic heterocycles. The van der Waals surface area contributed by atoms with Crippen molar-refractivity contribution >= 4 is 39.2 Å². The largest absolute Gasteiger partial charge is 0.501 e. The highest BCUT2D eigenvalue weighted by Crippen LogP contribution is 2.26. The first kappa shape index (κ1) is 13.8. The standard InChI is InChI=1S/C15H14ClNOS/c1-11(18-2)6-4-3-5-7-13-10-12-8-9-14(16)17-15(12)19-13/h3-10H,1-2H3/b4-3-,7-5+,11-6+. The summed E-state index contributed by atoms with van der Waals surface area (Å²) in [6.45, 7) is 1.91. The molecular formula is C15H14ClNOS. The van der Waals surface area contributed by atoms with E-state index in [1.165, 1.54) is 0 Å². The molecule has 0 saturated heterocycles. The lowest BCUT2D eigenvalue weighted by atomic mass is 10.3. The zero-order valence-electron chi connectivity index (χ0n) is 10.8. The summed E-state index contributed by atoms with van der Waals surface area (Å²) in [6, 6.07) is 5.89. The van der Waals surface area contributed by atoms with Crippen LogP contribution in [0.25, 0.3) is 16.3 Å². The Morgan fingerprint density at radius 3 is 2.95 bits per heavy atom. The first-order chi connectivity index (χ1) is 9.19. The number of allylic oxidation sites excluding steroid dienone is 5.